The molecule has 0 bridgehead atoms. The second-order valence-electron chi connectivity index (χ2n) is 18.9. The highest BCUT2D eigenvalue weighted by molar-refractivity contribution is 5.81. The molecule has 0 aromatic carbocycles. The van der Waals surface area contributed by atoms with Crippen LogP contribution in [0.5, 0.6) is 0 Å². The summed E-state index contributed by atoms with van der Waals surface area (Å²) < 4.78 is 13.6. The molecule has 1 amide bonds. The minimum atomic E-state index is -0.231. The van der Waals surface area contributed by atoms with Gasteiger partial charge < -0.3 is 41.4 Å². The Morgan fingerprint density at radius 1 is 0.548 bits per heavy atom. The molecule has 0 saturated carbocycles. The van der Waals surface area contributed by atoms with Crippen LogP contribution in [-0.4, -0.2) is 109 Å². The molecule has 0 aromatic rings. The average Bonchev–Trinajstić information content (AvgIpc) is 3.26. The van der Waals surface area contributed by atoms with Crippen LogP contribution in [0.2, 0.25) is 0 Å². The van der Waals surface area contributed by atoms with Gasteiger partial charge in [0.1, 0.15) is 12.6 Å². The zero-order valence-electron chi connectivity index (χ0n) is 42.0. The highest BCUT2D eigenvalue weighted by atomic mass is 16.5. The zero-order chi connectivity index (χ0) is 45.3. The van der Waals surface area contributed by atoms with E-state index >= 15 is 0 Å². The number of hydrogen-bond acceptors (Lipinski definition) is 7. The van der Waals surface area contributed by atoms with Crippen molar-refractivity contribution < 1.29 is 18.8 Å². The van der Waals surface area contributed by atoms with Crippen molar-refractivity contribution in [3.8, 4) is 0 Å². The molecule has 0 aliphatic carbocycles. The summed E-state index contributed by atoms with van der Waals surface area (Å²) in [5, 5.41) is 10.0. The number of quaternary nitrogens is 1. The van der Waals surface area contributed by atoms with Crippen molar-refractivity contribution in [2.75, 3.05) is 86.3 Å². The van der Waals surface area contributed by atoms with Gasteiger partial charge in [-0.25, -0.2) is 0 Å². The van der Waals surface area contributed by atoms with Crippen LogP contribution in [0.25, 0.3) is 0 Å². The van der Waals surface area contributed by atoms with E-state index in [1.54, 1.807) is 0 Å². The van der Waals surface area contributed by atoms with Gasteiger partial charge >= 0.3 is 0 Å². The standard InChI is InChI=1S/C53H108N6O3/c1-5-7-9-11-13-15-17-19-21-23-25-27-29-31-33-35-47-61-50-51(62-48-36-34-32-30-28-26-24-22-20-18-16-14-12-10-8-6-2)49-59(3,4)46-45-58-53(60)52(57-43-38-41-55)39-44-56-42-37-40-54/h19-22,51-52,56-57H,5-18,23-50,54-55H2,1-4H3/p+1. The smallest absolute Gasteiger partial charge is 0.237 e. The van der Waals surface area contributed by atoms with E-state index in [2.05, 4.69) is 68.2 Å². The van der Waals surface area contributed by atoms with Crippen molar-refractivity contribution >= 4 is 5.91 Å². The summed E-state index contributed by atoms with van der Waals surface area (Å²) >= 11 is 0. The molecule has 9 heteroatoms. The Morgan fingerprint density at radius 3 is 1.50 bits per heavy atom. The van der Waals surface area contributed by atoms with Gasteiger partial charge in [0.25, 0.3) is 0 Å². The van der Waals surface area contributed by atoms with Crippen LogP contribution in [0.3, 0.4) is 0 Å². The molecule has 0 aromatic heterocycles. The summed E-state index contributed by atoms with van der Waals surface area (Å²) in [4.78, 5) is 13.2. The molecule has 368 valence electrons. The number of allylic oxidation sites excluding steroid dienone is 4. The molecular formula is C53H109N6O3+. The first kappa shape index (κ1) is 60.7. The van der Waals surface area contributed by atoms with Crippen molar-refractivity contribution in [2.45, 2.75) is 225 Å². The lowest BCUT2D eigenvalue weighted by Crippen LogP contribution is -2.53. The molecule has 2 atom stereocenters. The molecule has 0 heterocycles. The van der Waals surface area contributed by atoms with E-state index in [-0.39, 0.29) is 18.1 Å². The fraction of sp³-hybridized carbons (Fsp3) is 0.906. The highest BCUT2D eigenvalue weighted by Crippen LogP contribution is 2.13. The fourth-order valence-corrected chi connectivity index (χ4v) is 7.97. The van der Waals surface area contributed by atoms with E-state index in [1.165, 1.54) is 167 Å². The lowest BCUT2D eigenvalue weighted by atomic mass is 10.1. The molecule has 0 saturated heterocycles. The topological polar surface area (TPSA) is 124 Å². The predicted molar refractivity (Wildman–Crippen MR) is 271 cm³/mol. The Morgan fingerprint density at radius 2 is 1.00 bits per heavy atom. The Bertz CT molecular complexity index is 964. The zero-order valence-corrected chi connectivity index (χ0v) is 42.0. The molecule has 0 radical (unpaired) electrons. The quantitative estimate of drug-likeness (QED) is 0.0234. The van der Waals surface area contributed by atoms with E-state index in [4.69, 9.17) is 20.9 Å². The number of nitrogens with zero attached hydrogens (tertiary/aromatic N) is 1. The summed E-state index contributed by atoms with van der Waals surface area (Å²) in [6.07, 6.45) is 49.0. The van der Waals surface area contributed by atoms with Crippen molar-refractivity contribution in [1.29, 1.82) is 0 Å². The number of nitrogens with two attached hydrogens (primary N) is 2. The monoisotopic (exact) mass is 878 g/mol. The van der Waals surface area contributed by atoms with Crippen molar-refractivity contribution in [1.82, 2.24) is 16.0 Å². The molecule has 9 nitrogen and oxygen atoms in total. The van der Waals surface area contributed by atoms with Gasteiger partial charge in [-0.05, 0) is 116 Å². The van der Waals surface area contributed by atoms with Crippen LogP contribution >= 0.6 is 0 Å². The van der Waals surface area contributed by atoms with Gasteiger partial charge in [-0.1, -0.05) is 154 Å². The van der Waals surface area contributed by atoms with Gasteiger partial charge in [0.2, 0.25) is 5.91 Å². The first-order valence-corrected chi connectivity index (χ1v) is 26.8. The molecule has 0 rings (SSSR count). The fourth-order valence-electron chi connectivity index (χ4n) is 7.97. The van der Waals surface area contributed by atoms with Gasteiger partial charge in [0.15, 0.2) is 0 Å². The number of hydrogen-bond donors (Lipinski definition) is 5. The number of rotatable bonds is 51. The van der Waals surface area contributed by atoms with E-state index in [1.807, 2.05) is 0 Å². The van der Waals surface area contributed by atoms with Crippen LogP contribution in [0.15, 0.2) is 24.3 Å². The Balaban J connectivity index is 4.61. The average molecular weight is 878 g/mol. The van der Waals surface area contributed by atoms with Gasteiger partial charge in [-0.2, -0.15) is 0 Å². The largest absolute Gasteiger partial charge is 0.379 e. The predicted octanol–water partition coefficient (Wildman–Crippen LogP) is 11.3. The first-order valence-electron chi connectivity index (χ1n) is 26.8. The highest BCUT2D eigenvalue weighted by Gasteiger charge is 2.24. The molecule has 0 aliphatic heterocycles. The van der Waals surface area contributed by atoms with Crippen LogP contribution in [0.4, 0.5) is 0 Å². The van der Waals surface area contributed by atoms with E-state index < -0.39 is 0 Å². The second-order valence-corrected chi connectivity index (χ2v) is 18.9. The summed E-state index contributed by atoms with van der Waals surface area (Å²) in [6, 6.07) is -0.231. The minimum Gasteiger partial charge on any atom is -0.379 e. The maximum Gasteiger partial charge on any atom is 0.237 e. The SMILES string of the molecule is CCCCCCCCC=CCCCCCCCCOCC(C[N+](C)(C)CCNC(=O)C(CCNCCCN)NCCCN)OCCCCCCCCC=CCCCCCCCC. The maximum absolute atomic E-state index is 13.2. The summed E-state index contributed by atoms with van der Waals surface area (Å²) in [5.41, 5.74) is 11.4. The molecular weight excluding hydrogens is 769 g/mol. The number of likely N-dealkylation sites (N-methyl/N-ethyl adjacent to an activating group) is 1. The van der Waals surface area contributed by atoms with Crippen molar-refractivity contribution in [3.05, 3.63) is 24.3 Å². The van der Waals surface area contributed by atoms with Crippen LogP contribution in [0, 0.1) is 0 Å². The number of nitrogens with one attached hydrogen (secondary N) is 3. The third-order valence-corrected chi connectivity index (χ3v) is 12.1. The van der Waals surface area contributed by atoms with Crippen molar-refractivity contribution in [2.24, 2.45) is 11.5 Å². The third-order valence-electron chi connectivity index (χ3n) is 12.1. The Labute approximate surface area is 386 Å². The minimum absolute atomic E-state index is 0.0446. The van der Waals surface area contributed by atoms with Gasteiger partial charge in [-0.3, -0.25) is 4.79 Å². The van der Waals surface area contributed by atoms with Gasteiger partial charge in [0, 0.05) is 13.2 Å². The van der Waals surface area contributed by atoms with E-state index in [0.29, 0.717) is 26.2 Å². The molecule has 0 aliphatic rings. The van der Waals surface area contributed by atoms with Crippen LogP contribution < -0.4 is 27.4 Å². The first-order chi connectivity index (χ1) is 30.4. The number of amides is 1. The lowest BCUT2D eigenvalue weighted by Gasteiger charge is -2.33. The molecule has 62 heavy (non-hydrogen) atoms. The lowest BCUT2D eigenvalue weighted by molar-refractivity contribution is -0.892. The number of carbonyl (C=O) groups excluding carboxylic acids is 1. The molecule has 7 N–H and O–H groups in total. The molecule has 0 spiro atoms. The Kier molecular flexibility index (Phi) is 48.1. The third kappa shape index (κ3) is 45.2. The summed E-state index contributed by atoms with van der Waals surface area (Å²) in [6.45, 7) is 12.8. The number of carbonyl (C=O) groups is 1. The number of ether oxygens (including phenoxy) is 2. The van der Waals surface area contributed by atoms with Gasteiger partial charge in [0.05, 0.1) is 39.8 Å². The maximum atomic E-state index is 13.2. The Hall–Kier alpha value is -1.33. The van der Waals surface area contributed by atoms with E-state index in [0.717, 1.165) is 82.5 Å². The van der Waals surface area contributed by atoms with Crippen LogP contribution in [0.1, 0.15) is 213 Å². The van der Waals surface area contributed by atoms with Crippen molar-refractivity contribution in [3.63, 3.8) is 0 Å². The molecule has 2 unspecified atom stereocenters. The summed E-state index contributed by atoms with van der Waals surface area (Å²) in [7, 11) is 4.49. The molecule has 0 fully saturated rings. The van der Waals surface area contributed by atoms with Crippen LogP contribution in [-0.2, 0) is 14.3 Å². The summed E-state index contributed by atoms with van der Waals surface area (Å²) in [5.74, 6) is 0.0642. The van der Waals surface area contributed by atoms with Gasteiger partial charge in [-0.15, -0.1) is 0 Å². The second kappa shape index (κ2) is 49.1. The normalized spacial score (nSPS) is 13.2. The number of unbranched alkanes of at least 4 members (excludes halogenated alkanes) is 24. The van der Waals surface area contributed by atoms with E-state index in [9.17, 15) is 4.79 Å².